The predicted molar refractivity (Wildman–Crippen MR) is 164 cm³/mol. The van der Waals surface area contributed by atoms with Crippen molar-refractivity contribution in [2.45, 2.75) is 46.5 Å². The topological polar surface area (TPSA) is 51.2 Å². The lowest BCUT2D eigenvalue weighted by Crippen LogP contribution is -2.15. The van der Waals surface area contributed by atoms with Crippen LogP contribution in [0.1, 0.15) is 82.6 Å². The molecule has 0 unspecified atom stereocenters. The molecule has 0 saturated carbocycles. The van der Waals surface area contributed by atoms with Gasteiger partial charge in [0.15, 0.2) is 11.6 Å². The summed E-state index contributed by atoms with van der Waals surface area (Å²) in [5.74, 6) is 0.0369. The third kappa shape index (κ3) is 4.17. The summed E-state index contributed by atoms with van der Waals surface area (Å²) in [5.41, 5.74) is 8.14. The molecule has 0 N–H and O–H groups in total. The average molecular weight is 579 g/mol. The van der Waals surface area contributed by atoms with Crippen LogP contribution in [0.2, 0.25) is 0 Å². The minimum Gasteiger partial charge on any atom is -0.289 e. The number of thiophene rings is 3. The average Bonchev–Trinajstić information content (AvgIpc) is 3.70. The number of fused-ring (bicyclic) bond motifs is 5. The lowest BCUT2D eigenvalue weighted by atomic mass is 9.94. The first-order valence-electron chi connectivity index (χ1n) is 13.5. The van der Waals surface area contributed by atoms with Crippen molar-refractivity contribution in [3.8, 4) is 11.1 Å². The van der Waals surface area contributed by atoms with Crippen LogP contribution in [0.5, 0.6) is 0 Å². The molecule has 198 valence electrons. The summed E-state index contributed by atoms with van der Waals surface area (Å²) in [6, 6.07) is 18.3. The van der Waals surface area contributed by atoms with Gasteiger partial charge in [0.05, 0.1) is 9.75 Å². The zero-order valence-electron chi connectivity index (χ0n) is 22.5. The van der Waals surface area contributed by atoms with Crippen molar-refractivity contribution in [1.29, 1.82) is 0 Å². The number of benzene rings is 2. The van der Waals surface area contributed by atoms with Gasteiger partial charge in [0.25, 0.3) is 0 Å². The smallest absolute Gasteiger partial charge is 0.214 e. The Labute approximate surface area is 245 Å². The van der Waals surface area contributed by atoms with Gasteiger partial charge in [0.2, 0.25) is 5.78 Å². The quantitative estimate of drug-likeness (QED) is 0.199. The minimum absolute atomic E-state index is 0.0172. The summed E-state index contributed by atoms with van der Waals surface area (Å²) in [6.07, 6.45) is 3.23. The SMILES string of the molecule is Cc1ccc2c(c1)C(=O)c1cc(CCc3cc4c(s3)C(=O)c3sc(CCc5sc(C)cc5C)cc3C4=O)ccc1-2. The minimum atomic E-state index is -0.0334. The van der Waals surface area contributed by atoms with Crippen molar-refractivity contribution in [2.24, 2.45) is 0 Å². The second-order valence-electron chi connectivity index (χ2n) is 10.8. The predicted octanol–water partition coefficient (Wildman–Crippen LogP) is 8.35. The number of hydrogen-bond donors (Lipinski definition) is 0. The lowest BCUT2D eigenvalue weighted by molar-refractivity contribution is 0.0986. The first-order valence-corrected chi connectivity index (χ1v) is 15.9. The number of aryl methyl sites for hydroxylation is 7. The maximum atomic E-state index is 13.4. The van der Waals surface area contributed by atoms with E-state index in [9.17, 15) is 14.4 Å². The molecule has 0 spiro atoms. The van der Waals surface area contributed by atoms with Gasteiger partial charge in [-0.15, -0.1) is 34.0 Å². The van der Waals surface area contributed by atoms with Crippen molar-refractivity contribution in [2.75, 3.05) is 0 Å². The fraction of sp³-hybridized carbons (Fsp3) is 0.206. The van der Waals surface area contributed by atoms with E-state index in [2.05, 4.69) is 26.0 Å². The van der Waals surface area contributed by atoms with Gasteiger partial charge in [-0.3, -0.25) is 14.4 Å². The van der Waals surface area contributed by atoms with Gasteiger partial charge in [-0.2, -0.15) is 0 Å². The summed E-state index contributed by atoms with van der Waals surface area (Å²) in [5, 5.41) is 0. The van der Waals surface area contributed by atoms with E-state index in [0.717, 1.165) is 68.8 Å². The highest BCUT2D eigenvalue weighted by Gasteiger charge is 2.34. The standard InChI is InChI=1S/C34H26O3S3/c1-17-4-9-23-24-10-6-20(14-26(24)30(35)25(23)12-17)5-7-21-15-27-31(36)28-16-22(40-34(28)32(37)33(27)39-21)8-11-29-18(2)13-19(3)38-29/h4,6,9-10,12-16H,5,7-8,11H2,1-3H3. The van der Waals surface area contributed by atoms with Crippen molar-refractivity contribution in [3.63, 3.8) is 0 Å². The molecule has 0 fully saturated rings. The molecule has 2 aliphatic carbocycles. The number of carbonyl (C=O) groups is 3. The van der Waals surface area contributed by atoms with E-state index < -0.39 is 0 Å². The second kappa shape index (κ2) is 9.58. The highest BCUT2D eigenvalue weighted by molar-refractivity contribution is 7.18. The Hall–Kier alpha value is -3.45. The molecule has 0 amide bonds. The van der Waals surface area contributed by atoms with E-state index >= 15 is 0 Å². The van der Waals surface area contributed by atoms with Crippen molar-refractivity contribution in [3.05, 3.63) is 123 Å². The highest BCUT2D eigenvalue weighted by atomic mass is 32.1. The molecule has 0 bridgehead atoms. The molecule has 5 aromatic rings. The first-order chi connectivity index (χ1) is 19.3. The van der Waals surface area contributed by atoms with Gasteiger partial charge >= 0.3 is 0 Å². The van der Waals surface area contributed by atoms with Crippen LogP contribution in [0.3, 0.4) is 0 Å². The molecule has 0 saturated heterocycles. The van der Waals surface area contributed by atoms with Gasteiger partial charge < -0.3 is 0 Å². The zero-order valence-corrected chi connectivity index (χ0v) is 24.9. The Morgan fingerprint density at radius 3 is 1.77 bits per heavy atom. The Bertz CT molecular complexity index is 1840. The third-order valence-corrected chi connectivity index (χ3v) is 11.5. The number of rotatable bonds is 6. The fourth-order valence-corrected chi connectivity index (χ4v) is 9.20. The molecule has 40 heavy (non-hydrogen) atoms. The molecular weight excluding hydrogens is 553 g/mol. The Morgan fingerprint density at radius 2 is 1.12 bits per heavy atom. The van der Waals surface area contributed by atoms with Crippen LogP contribution in [-0.4, -0.2) is 17.3 Å². The van der Waals surface area contributed by atoms with Crippen LogP contribution >= 0.6 is 34.0 Å². The van der Waals surface area contributed by atoms with Crippen LogP contribution in [0.15, 0.2) is 54.6 Å². The third-order valence-electron chi connectivity index (χ3n) is 7.91. The normalized spacial score (nSPS) is 13.4. The van der Waals surface area contributed by atoms with Crippen molar-refractivity contribution < 1.29 is 14.4 Å². The molecule has 0 aliphatic heterocycles. The molecule has 3 nitrogen and oxygen atoms in total. The van der Waals surface area contributed by atoms with E-state index in [4.69, 9.17) is 0 Å². The summed E-state index contributed by atoms with van der Waals surface area (Å²) < 4.78 is 0. The Morgan fingerprint density at radius 1 is 0.525 bits per heavy atom. The molecule has 3 aromatic heterocycles. The summed E-state index contributed by atoms with van der Waals surface area (Å²) >= 11 is 4.75. The number of hydrogen-bond acceptors (Lipinski definition) is 6. The van der Waals surface area contributed by atoms with E-state index in [1.807, 2.05) is 60.7 Å². The zero-order chi connectivity index (χ0) is 27.7. The molecule has 0 atom stereocenters. The molecule has 6 heteroatoms. The Balaban J connectivity index is 1.07. The highest BCUT2D eigenvalue weighted by Crippen LogP contribution is 2.40. The fourth-order valence-electron chi connectivity index (χ4n) is 5.89. The van der Waals surface area contributed by atoms with Crippen molar-refractivity contribution in [1.82, 2.24) is 0 Å². The molecule has 3 heterocycles. The molecule has 2 aromatic carbocycles. The van der Waals surface area contributed by atoms with Gasteiger partial charge in [0.1, 0.15) is 0 Å². The van der Waals surface area contributed by atoms with Crippen LogP contribution in [-0.2, 0) is 25.7 Å². The molecule has 2 aliphatic rings. The summed E-state index contributed by atoms with van der Waals surface area (Å²) in [6.45, 7) is 6.27. The first kappa shape index (κ1) is 25.5. The monoisotopic (exact) mass is 578 g/mol. The van der Waals surface area contributed by atoms with Gasteiger partial charge in [0, 0.05) is 41.8 Å². The van der Waals surface area contributed by atoms with Crippen LogP contribution in [0.25, 0.3) is 11.1 Å². The van der Waals surface area contributed by atoms with E-state index in [1.165, 1.54) is 38.0 Å². The molecular formula is C34H26O3S3. The lowest BCUT2D eigenvalue weighted by Gasteiger charge is -2.08. The van der Waals surface area contributed by atoms with Crippen LogP contribution < -0.4 is 0 Å². The summed E-state index contributed by atoms with van der Waals surface area (Å²) in [7, 11) is 0. The largest absolute Gasteiger partial charge is 0.289 e. The number of carbonyl (C=O) groups excluding carboxylic acids is 3. The van der Waals surface area contributed by atoms with Crippen LogP contribution in [0, 0.1) is 20.8 Å². The second-order valence-corrected chi connectivity index (χ2v) is 14.4. The maximum Gasteiger partial charge on any atom is 0.214 e. The summed E-state index contributed by atoms with van der Waals surface area (Å²) in [4.78, 5) is 45.8. The maximum absolute atomic E-state index is 13.4. The Kier molecular flexibility index (Phi) is 6.11. The van der Waals surface area contributed by atoms with E-state index in [-0.39, 0.29) is 17.3 Å². The number of ketones is 3. The van der Waals surface area contributed by atoms with Crippen molar-refractivity contribution >= 4 is 51.4 Å². The molecule has 7 rings (SSSR count). The van der Waals surface area contributed by atoms with Gasteiger partial charge in [-0.25, -0.2) is 0 Å². The van der Waals surface area contributed by atoms with E-state index in [1.54, 1.807) is 0 Å². The van der Waals surface area contributed by atoms with Gasteiger partial charge in [-0.05, 0) is 99.0 Å². The van der Waals surface area contributed by atoms with Gasteiger partial charge in [-0.1, -0.05) is 29.8 Å². The molecule has 0 radical (unpaired) electrons. The van der Waals surface area contributed by atoms with E-state index in [0.29, 0.717) is 20.9 Å². The van der Waals surface area contributed by atoms with Crippen LogP contribution in [0.4, 0.5) is 0 Å².